The molecule has 0 saturated heterocycles. The number of carbonyl (C=O) groups excluding carboxylic acids is 2. The second-order valence-corrected chi connectivity index (χ2v) is 6.36. The summed E-state index contributed by atoms with van der Waals surface area (Å²) < 4.78 is 5.13. The number of fused-ring (bicyclic) bond motifs is 1. The Morgan fingerprint density at radius 3 is 2.84 bits per heavy atom. The Bertz CT molecular complexity index is 762. The van der Waals surface area contributed by atoms with Crippen LogP contribution in [0.5, 0.6) is 0 Å². The average Bonchev–Trinajstić information content (AvgIpc) is 2.83. The summed E-state index contributed by atoms with van der Waals surface area (Å²) in [6, 6.07) is 7.81. The number of nitrogens with zero attached hydrogens (tertiary/aromatic N) is 2. The van der Waals surface area contributed by atoms with E-state index in [1.807, 2.05) is 38.1 Å². The highest BCUT2D eigenvalue weighted by Crippen LogP contribution is 2.26. The number of aryl methyl sites for hydroxylation is 3. The monoisotopic (exact) mass is 341 g/mol. The summed E-state index contributed by atoms with van der Waals surface area (Å²) in [6.45, 7) is 4.30. The number of amides is 2. The molecule has 1 aromatic heterocycles. The van der Waals surface area contributed by atoms with E-state index in [4.69, 9.17) is 4.52 Å². The Labute approximate surface area is 147 Å². The number of para-hydroxylation sites is 1. The fourth-order valence-corrected chi connectivity index (χ4v) is 3.24. The molecule has 25 heavy (non-hydrogen) atoms. The summed E-state index contributed by atoms with van der Waals surface area (Å²) in [5.74, 6) is 0.631. The fraction of sp³-hybridized carbons (Fsp3) is 0.421. The van der Waals surface area contributed by atoms with Gasteiger partial charge in [-0.25, -0.2) is 0 Å². The predicted octanol–water partition coefficient (Wildman–Crippen LogP) is 2.32. The van der Waals surface area contributed by atoms with Crippen molar-refractivity contribution in [2.24, 2.45) is 0 Å². The third kappa shape index (κ3) is 3.90. The van der Waals surface area contributed by atoms with E-state index in [1.54, 1.807) is 4.90 Å². The summed E-state index contributed by atoms with van der Waals surface area (Å²) in [6.07, 6.45) is 2.82. The lowest BCUT2D eigenvalue weighted by atomic mass is 10.1. The SMILES string of the molecule is Cc1noc(C)c1CCNC(=O)CN1C(=O)CCCc2ccccc21. The molecule has 1 N–H and O–H groups in total. The first-order valence-electron chi connectivity index (χ1n) is 8.63. The number of nitrogens with one attached hydrogen (secondary N) is 1. The summed E-state index contributed by atoms with van der Waals surface area (Å²) in [4.78, 5) is 26.3. The molecule has 0 atom stereocenters. The average molecular weight is 341 g/mol. The predicted molar refractivity (Wildman–Crippen MR) is 94.4 cm³/mol. The Hall–Kier alpha value is -2.63. The molecular formula is C19H23N3O3. The minimum absolute atomic E-state index is 0.00539. The van der Waals surface area contributed by atoms with Crippen molar-refractivity contribution in [1.82, 2.24) is 10.5 Å². The summed E-state index contributed by atoms with van der Waals surface area (Å²) in [5.41, 5.74) is 3.85. The van der Waals surface area contributed by atoms with Gasteiger partial charge in [0, 0.05) is 24.2 Å². The highest BCUT2D eigenvalue weighted by atomic mass is 16.5. The number of carbonyl (C=O) groups is 2. The maximum atomic E-state index is 12.4. The highest BCUT2D eigenvalue weighted by Gasteiger charge is 2.23. The van der Waals surface area contributed by atoms with Crippen molar-refractivity contribution in [3.63, 3.8) is 0 Å². The van der Waals surface area contributed by atoms with Crippen LogP contribution in [-0.2, 0) is 22.4 Å². The van der Waals surface area contributed by atoms with Crippen molar-refractivity contribution in [2.45, 2.75) is 39.5 Å². The molecule has 2 heterocycles. The maximum absolute atomic E-state index is 12.4. The number of aromatic nitrogens is 1. The van der Waals surface area contributed by atoms with Crippen LogP contribution < -0.4 is 10.2 Å². The second-order valence-electron chi connectivity index (χ2n) is 6.36. The van der Waals surface area contributed by atoms with Gasteiger partial charge in [-0.2, -0.15) is 0 Å². The quantitative estimate of drug-likeness (QED) is 0.905. The molecule has 0 unspecified atom stereocenters. The van der Waals surface area contributed by atoms with Crippen molar-refractivity contribution in [3.05, 3.63) is 46.8 Å². The molecule has 0 fully saturated rings. The third-order valence-corrected chi connectivity index (χ3v) is 4.60. The molecule has 1 aliphatic rings. The van der Waals surface area contributed by atoms with Crippen LogP contribution in [0.2, 0.25) is 0 Å². The lowest BCUT2D eigenvalue weighted by Gasteiger charge is -2.22. The molecule has 1 aliphatic heterocycles. The van der Waals surface area contributed by atoms with Crippen LogP contribution in [-0.4, -0.2) is 30.1 Å². The van der Waals surface area contributed by atoms with Crippen LogP contribution in [0.15, 0.2) is 28.8 Å². The molecule has 0 spiro atoms. The lowest BCUT2D eigenvalue weighted by molar-refractivity contribution is -0.123. The topological polar surface area (TPSA) is 75.4 Å². The van der Waals surface area contributed by atoms with Crippen LogP contribution in [0.1, 0.15) is 35.4 Å². The van der Waals surface area contributed by atoms with Gasteiger partial charge in [-0.1, -0.05) is 23.4 Å². The Kier molecular flexibility index (Phi) is 5.16. The first kappa shape index (κ1) is 17.2. The van der Waals surface area contributed by atoms with Gasteiger partial charge < -0.3 is 14.7 Å². The van der Waals surface area contributed by atoms with E-state index < -0.39 is 0 Å². The van der Waals surface area contributed by atoms with E-state index >= 15 is 0 Å². The maximum Gasteiger partial charge on any atom is 0.240 e. The van der Waals surface area contributed by atoms with E-state index in [-0.39, 0.29) is 18.4 Å². The van der Waals surface area contributed by atoms with Crippen LogP contribution >= 0.6 is 0 Å². The number of hydrogen-bond acceptors (Lipinski definition) is 4. The van der Waals surface area contributed by atoms with Gasteiger partial charge in [-0.05, 0) is 44.7 Å². The van der Waals surface area contributed by atoms with Gasteiger partial charge >= 0.3 is 0 Å². The number of rotatable bonds is 5. The first-order chi connectivity index (χ1) is 12.1. The summed E-state index contributed by atoms with van der Waals surface area (Å²) in [7, 11) is 0. The van der Waals surface area contributed by atoms with E-state index in [0.29, 0.717) is 19.4 Å². The van der Waals surface area contributed by atoms with E-state index in [1.165, 1.54) is 0 Å². The van der Waals surface area contributed by atoms with Crippen LogP contribution in [0.25, 0.3) is 0 Å². The van der Waals surface area contributed by atoms with Gasteiger partial charge in [0.25, 0.3) is 0 Å². The van der Waals surface area contributed by atoms with Gasteiger partial charge in [0.05, 0.1) is 5.69 Å². The molecule has 6 nitrogen and oxygen atoms in total. The van der Waals surface area contributed by atoms with E-state index in [0.717, 1.165) is 41.1 Å². The van der Waals surface area contributed by atoms with Gasteiger partial charge in [0.15, 0.2) is 0 Å². The van der Waals surface area contributed by atoms with Gasteiger partial charge in [-0.15, -0.1) is 0 Å². The summed E-state index contributed by atoms with van der Waals surface area (Å²) in [5, 5.41) is 6.80. The molecule has 1 aromatic carbocycles. The molecule has 3 rings (SSSR count). The van der Waals surface area contributed by atoms with Gasteiger partial charge in [-0.3, -0.25) is 9.59 Å². The smallest absolute Gasteiger partial charge is 0.240 e. The number of benzene rings is 1. The largest absolute Gasteiger partial charge is 0.361 e. The number of hydrogen-bond donors (Lipinski definition) is 1. The molecule has 132 valence electrons. The van der Waals surface area contributed by atoms with Crippen LogP contribution in [0, 0.1) is 13.8 Å². The molecule has 2 aromatic rings. The molecular weight excluding hydrogens is 318 g/mol. The van der Waals surface area contributed by atoms with E-state index in [9.17, 15) is 9.59 Å². The Morgan fingerprint density at radius 2 is 2.08 bits per heavy atom. The molecule has 0 bridgehead atoms. The standard InChI is InChI=1S/C19H23N3O3/c1-13-16(14(2)25-21-13)10-11-20-18(23)12-22-17-8-4-3-6-15(17)7-5-9-19(22)24/h3-4,6,8H,5,7,9-12H2,1-2H3,(H,20,23). The van der Waals surface area contributed by atoms with Crippen LogP contribution in [0.4, 0.5) is 5.69 Å². The van der Waals surface area contributed by atoms with Crippen LogP contribution in [0.3, 0.4) is 0 Å². The second kappa shape index (κ2) is 7.51. The molecule has 2 amide bonds. The zero-order valence-corrected chi connectivity index (χ0v) is 14.7. The van der Waals surface area contributed by atoms with Gasteiger partial charge in [0.2, 0.25) is 11.8 Å². The molecule has 6 heteroatoms. The number of anilines is 1. The zero-order valence-electron chi connectivity index (χ0n) is 14.7. The van der Waals surface area contributed by atoms with Gasteiger partial charge in [0.1, 0.15) is 12.3 Å². The van der Waals surface area contributed by atoms with Crippen molar-refractivity contribution in [2.75, 3.05) is 18.0 Å². The normalized spacial score (nSPS) is 14.2. The Balaban J connectivity index is 1.61. The zero-order chi connectivity index (χ0) is 17.8. The molecule has 0 saturated carbocycles. The minimum Gasteiger partial charge on any atom is -0.361 e. The Morgan fingerprint density at radius 1 is 1.28 bits per heavy atom. The van der Waals surface area contributed by atoms with Crippen molar-refractivity contribution in [1.29, 1.82) is 0 Å². The summed E-state index contributed by atoms with van der Waals surface area (Å²) >= 11 is 0. The molecule has 0 aliphatic carbocycles. The van der Waals surface area contributed by atoms with E-state index in [2.05, 4.69) is 10.5 Å². The van der Waals surface area contributed by atoms with Crippen molar-refractivity contribution in [3.8, 4) is 0 Å². The lowest BCUT2D eigenvalue weighted by Crippen LogP contribution is -2.41. The first-order valence-corrected chi connectivity index (χ1v) is 8.63. The molecule has 0 radical (unpaired) electrons. The highest BCUT2D eigenvalue weighted by molar-refractivity contribution is 5.99. The van der Waals surface area contributed by atoms with Crippen molar-refractivity contribution >= 4 is 17.5 Å². The van der Waals surface area contributed by atoms with Crippen molar-refractivity contribution < 1.29 is 14.1 Å². The minimum atomic E-state index is -0.156. The fourth-order valence-electron chi connectivity index (χ4n) is 3.24. The third-order valence-electron chi connectivity index (χ3n) is 4.60.